The van der Waals surface area contributed by atoms with Crippen molar-refractivity contribution in [3.05, 3.63) is 77.7 Å². The zero-order chi connectivity index (χ0) is 17.9. The van der Waals surface area contributed by atoms with Crippen LogP contribution in [0.2, 0.25) is 0 Å². The van der Waals surface area contributed by atoms with Gasteiger partial charge in [-0.25, -0.2) is 0 Å². The summed E-state index contributed by atoms with van der Waals surface area (Å²) in [7, 11) is 0. The highest BCUT2D eigenvalue weighted by Crippen LogP contribution is 2.25. The zero-order valence-corrected chi connectivity index (χ0v) is 14.1. The normalized spacial score (nSPS) is 10.8. The number of nitrogens with one attached hydrogen (secondary N) is 1. The number of amides is 1. The van der Waals surface area contributed by atoms with Gasteiger partial charge in [-0.05, 0) is 36.8 Å². The van der Waals surface area contributed by atoms with E-state index in [0.29, 0.717) is 29.5 Å². The Balaban J connectivity index is 1.49. The lowest BCUT2D eigenvalue weighted by atomic mass is 10.2. The van der Waals surface area contributed by atoms with Crippen molar-refractivity contribution in [3.8, 4) is 5.75 Å². The largest absolute Gasteiger partial charge is 0.489 e. The Labute approximate surface area is 149 Å². The third kappa shape index (κ3) is 3.44. The van der Waals surface area contributed by atoms with Gasteiger partial charge < -0.3 is 19.0 Å². The van der Waals surface area contributed by atoms with Crippen molar-refractivity contribution in [1.82, 2.24) is 5.16 Å². The smallest absolute Gasteiger partial charge is 0.292 e. The van der Waals surface area contributed by atoms with Crippen molar-refractivity contribution in [3.63, 3.8) is 0 Å². The molecule has 0 aliphatic rings. The van der Waals surface area contributed by atoms with Gasteiger partial charge >= 0.3 is 0 Å². The zero-order valence-electron chi connectivity index (χ0n) is 14.1. The summed E-state index contributed by atoms with van der Waals surface area (Å²) < 4.78 is 16.3. The maximum absolute atomic E-state index is 12.3. The lowest BCUT2D eigenvalue weighted by molar-refractivity contribution is 0.0998. The summed E-state index contributed by atoms with van der Waals surface area (Å²) >= 11 is 0. The van der Waals surface area contributed by atoms with E-state index in [1.54, 1.807) is 25.1 Å². The van der Waals surface area contributed by atoms with E-state index in [4.69, 9.17) is 13.7 Å². The molecule has 0 aliphatic carbocycles. The Kier molecular flexibility index (Phi) is 4.15. The fourth-order valence-corrected chi connectivity index (χ4v) is 2.57. The number of hydrogen-bond donors (Lipinski definition) is 1. The number of carbonyl (C=O) groups excluding carboxylic acids is 1. The molecule has 26 heavy (non-hydrogen) atoms. The van der Waals surface area contributed by atoms with Crippen LogP contribution in [-0.4, -0.2) is 11.1 Å². The summed E-state index contributed by atoms with van der Waals surface area (Å²) in [5.41, 5.74) is 1.70. The molecule has 0 radical (unpaired) electrons. The topological polar surface area (TPSA) is 77.5 Å². The van der Waals surface area contributed by atoms with Crippen molar-refractivity contribution in [2.75, 3.05) is 5.32 Å². The summed E-state index contributed by atoms with van der Waals surface area (Å²) in [4.78, 5) is 12.3. The molecule has 4 aromatic rings. The molecule has 2 heterocycles. The fraction of sp³-hybridized carbons (Fsp3) is 0.100. The molecule has 0 fully saturated rings. The van der Waals surface area contributed by atoms with Crippen LogP contribution in [0, 0.1) is 6.92 Å². The lowest BCUT2D eigenvalue weighted by Gasteiger charge is -2.05. The third-order valence-electron chi connectivity index (χ3n) is 3.83. The minimum absolute atomic E-state index is 0.195. The number of fused-ring (bicyclic) bond motifs is 1. The van der Waals surface area contributed by atoms with Crippen molar-refractivity contribution in [2.24, 2.45) is 0 Å². The summed E-state index contributed by atoms with van der Waals surface area (Å²) in [5, 5.41) is 7.16. The van der Waals surface area contributed by atoms with Crippen LogP contribution in [0.15, 0.2) is 69.6 Å². The molecule has 4 rings (SSSR count). The maximum Gasteiger partial charge on any atom is 0.292 e. The molecule has 0 spiro atoms. The van der Waals surface area contributed by atoms with E-state index in [9.17, 15) is 4.79 Å². The second-order valence-corrected chi connectivity index (χ2v) is 5.86. The van der Waals surface area contributed by atoms with Gasteiger partial charge in [0.25, 0.3) is 5.91 Å². The van der Waals surface area contributed by atoms with Crippen LogP contribution in [0.25, 0.3) is 11.0 Å². The molecular formula is C20H16N2O4. The van der Waals surface area contributed by atoms with Crippen molar-refractivity contribution in [2.45, 2.75) is 13.5 Å². The first-order valence-corrected chi connectivity index (χ1v) is 8.12. The molecule has 1 amide bonds. The van der Waals surface area contributed by atoms with Crippen LogP contribution >= 0.6 is 0 Å². The van der Waals surface area contributed by atoms with E-state index in [1.807, 2.05) is 42.5 Å². The third-order valence-corrected chi connectivity index (χ3v) is 3.83. The highest BCUT2D eigenvalue weighted by molar-refractivity contribution is 6.04. The molecular weight excluding hydrogens is 332 g/mol. The highest BCUT2D eigenvalue weighted by atomic mass is 16.5. The Bertz CT molecular complexity index is 1050. The average Bonchev–Trinajstić information content (AvgIpc) is 3.26. The average molecular weight is 348 g/mol. The van der Waals surface area contributed by atoms with E-state index < -0.39 is 0 Å². The van der Waals surface area contributed by atoms with Gasteiger partial charge in [-0.2, -0.15) is 0 Å². The number of aromatic nitrogens is 1. The minimum Gasteiger partial charge on any atom is -0.489 e. The number of furan rings is 1. The number of hydrogen-bond acceptors (Lipinski definition) is 5. The highest BCUT2D eigenvalue weighted by Gasteiger charge is 2.14. The fourth-order valence-electron chi connectivity index (χ4n) is 2.57. The maximum atomic E-state index is 12.3. The molecule has 1 N–H and O–H groups in total. The van der Waals surface area contributed by atoms with E-state index in [1.165, 1.54) is 0 Å². The molecule has 6 heteroatoms. The van der Waals surface area contributed by atoms with E-state index >= 15 is 0 Å². The second kappa shape index (κ2) is 6.76. The molecule has 0 atom stereocenters. The summed E-state index contributed by atoms with van der Waals surface area (Å²) in [6.07, 6.45) is 0. The van der Waals surface area contributed by atoms with Crippen molar-refractivity contribution in [1.29, 1.82) is 0 Å². The van der Waals surface area contributed by atoms with Crippen LogP contribution < -0.4 is 10.1 Å². The standard InChI is InChI=1S/C20H16N2O4/c1-13-9-19(22-26-13)21-20(23)18-11-15-10-16(7-8-17(15)25-18)24-12-14-5-3-2-4-6-14/h2-11H,12H2,1H3,(H,21,22,23). The predicted molar refractivity (Wildman–Crippen MR) is 96.2 cm³/mol. The molecule has 0 aliphatic heterocycles. The number of ether oxygens (including phenoxy) is 1. The molecule has 0 saturated carbocycles. The predicted octanol–water partition coefficient (Wildman–Crippen LogP) is 4.56. The van der Waals surface area contributed by atoms with E-state index in [2.05, 4.69) is 10.5 Å². The molecule has 0 saturated heterocycles. The van der Waals surface area contributed by atoms with Crippen LogP contribution in [0.4, 0.5) is 5.82 Å². The minimum atomic E-state index is -0.388. The Hall–Kier alpha value is -3.54. The van der Waals surface area contributed by atoms with Crippen molar-refractivity contribution >= 4 is 22.7 Å². The Morgan fingerprint density at radius 2 is 1.96 bits per heavy atom. The van der Waals surface area contributed by atoms with Crippen LogP contribution in [0.5, 0.6) is 5.75 Å². The summed E-state index contributed by atoms with van der Waals surface area (Å²) in [6, 6.07) is 18.7. The van der Waals surface area contributed by atoms with Crippen LogP contribution in [-0.2, 0) is 6.61 Å². The monoisotopic (exact) mass is 348 g/mol. The Morgan fingerprint density at radius 3 is 2.73 bits per heavy atom. The number of rotatable bonds is 5. The molecule has 0 unspecified atom stereocenters. The van der Waals surface area contributed by atoms with Gasteiger partial charge in [0.15, 0.2) is 11.6 Å². The number of nitrogens with zero attached hydrogens (tertiary/aromatic N) is 1. The van der Waals surface area contributed by atoms with Crippen LogP contribution in [0.3, 0.4) is 0 Å². The number of carbonyl (C=O) groups is 1. The Morgan fingerprint density at radius 1 is 1.12 bits per heavy atom. The number of anilines is 1. The van der Waals surface area contributed by atoms with E-state index in [-0.39, 0.29) is 11.7 Å². The van der Waals surface area contributed by atoms with Gasteiger partial charge in [-0.3, -0.25) is 4.79 Å². The molecule has 0 bridgehead atoms. The SMILES string of the molecule is Cc1cc(NC(=O)c2cc3cc(OCc4ccccc4)ccc3o2)no1. The van der Waals surface area contributed by atoms with Gasteiger partial charge in [0.1, 0.15) is 23.7 Å². The van der Waals surface area contributed by atoms with Crippen LogP contribution in [0.1, 0.15) is 21.9 Å². The molecule has 6 nitrogen and oxygen atoms in total. The quantitative estimate of drug-likeness (QED) is 0.572. The molecule has 2 aromatic carbocycles. The first-order valence-electron chi connectivity index (χ1n) is 8.12. The number of aryl methyl sites for hydroxylation is 1. The summed E-state index contributed by atoms with van der Waals surface area (Å²) in [6.45, 7) is 2.23. The lowest BCUT2D eigenvalue weighted by Crippen LogP contribution is -2.10. The van der Waals surface area contributed by atoms with E-state index in [0.717, 1.165) is 10.9 Å². The van der Waals surface area contributed by atoms with Gasteiger partial charge in [0.05, 0.1) is 0 Å². The van der Waals surface area contributed by atoms with Gasteiger partial charge in [-0.1, -0.05) is 35.5 Å². The first-order chi connectivity index (χ1) is 12.7. The summed E-state index contributed by atoms with van der Waals surface area (Å²) in [5.74, 6) is 1.48. The van der Waals surface area contributed by atoms with Gasteiger partial charge in [-0.15, -0.1) is 0 Å². The second-order valence-electron chi connectivity index (χ2n) is 5.86. The number of benzene rings is 2. The molecule has 130 valence electrons. The molecule has 2 aromatic heterocycles. The van der Waals surface area contributed by atoms with Crippen molar-refractivity contribution < 1.29 is 18.5 Å². The van der Waals surface area contributed by atoms with Gasteiger partial charge in [0, 0.05) is 11.5 Å². The van der Waals surface area contributed by atoms with Gasteiger partial charge in [0.2, 0.25) is 0 Å². The first kappa shape index (κ1) is 16.0.